The van der Waals surface area contributed by atoms with Gasteiger partial charge in [0.25, 0.3) is 0 Å². The van der Waals surface area contributed by atoms with Crippen LogP contribution in [-0.2, 0) is 0 Å². The van der Waals surface area contributed by atoms with Crippen LogP contribution in [0.15, 0.2) is 11.6 Å². The molecule has 2 aliphatic carbocycles. The Labute approximate surface area is 76.1 Å². The molecular weight excluding hydrogens is 144 g/mol. The summed E-state index contributed by atoms with van der Waals surface area (Å²) in [7, 11) is 0. The number of hydrogen-bond donors (Lipinski definition) is 0. The van der Waals surface area contributed by atoms with Crippen LogP contribution >= 0.6 is 0 Å². The number of fused-ring (bicyclic) bond motifs is 1. The highest BCUT2D eigenvalue weighted by atomic mass is 14.5. The maximum atomic E-state index is 2.51. The van der Waals surface area contributed by atoms with E-state index in [2.05, 4.69) is 26.8 Å². The SMILES string of the molecule is CC1=CCC[C@@]2(C)C1CC[C@@H]2C. The Kier molecular flexibility index (Phi) is 1.82. The third kappa shape index (κ3) is 0.967. The molecule has 0 aromatic carbocycles. The first-order valence-electron chi connectivity index (χ1n) is 5.31. The molecule has 1 saturated carbocycles. The minimum atomic E-state index is 0.652. The summed E-state index contributed by atoms with van der Waals surface area (Å²) >= 11 is 0. The molecule has 0 aliphatic heterocycles. The van der Waals surface area contributed by atoms with Crippen molar-refractivity contribution in [2.45, 2.75) is 46.5 Å². The predicted molar refractivity (Wildman–Crippen MR) is 53.0 cm³/mol. The first-order valence-corrected chi connectivity index (χ1v) is 5.31. The highest BCUT2D eigenvalue weighted by Crippen LogP contribution is 2.55. The second-order valence-corrected chi connectivity index (χ2v) is 5.02. The van der Waals surface area contributed by atoms with Crippen molar-refractivity contribution in [2.24, 2.45) is 17.3 Å². The lowest BCUT2D eigenvalue weighted by molar-refractivity contribution is 0.166. The molecule has 0 amide bonds. The molecule has 1 unspecified atom stereocenters. The maximum Gasteiger partial charge on any atom is -0.0149 e. The number of hydrogen-bond acceptors (Lipinski definition) is 0. The highest BCUT2D eigenvalue weighted by Gasteiger charge is 2.45. The molecule has 0 aromatic rings. The van der Waals surface area contributed by atoms with Gasteiger partial charge in [0.05, 0.1) is 0 Å². The third-order valence-electron chi connectivity index (χ3n) is 4.51. The minimum absolute atomic E-state index is 0.652. The standard InChI is InChI=1S/C12H20/c1-9-5-4-8-12(3)10(2)6-7-11(9)12/h5,10-11H,4,6-8H2,1-3H3/t10-,11?,12+/m0/s1. The fourth-order valence-corrected chi connectivity index (χ4v) is 3.34. The van der Waals surface area contributed by atoms with Gasteiger partial charge in [0.1, 0.15) is 0 Å². The van der Waals surface area contributed by atoms with E-state index in [0.29, 0.717) is 5.41 Å². The van der Waals surface area contributed by atoms with Crippen LogP contribution in [0.2, 0.25) is 0 Å². The Morgan fingerprint density at radius 1 is 1.42 bits per heavy atom. The van der Waals surface area contributed by atoms with Gasteiger partial charge in [-0.2, -0.15) is 0 Å². The average molecular weight is 164 g/mol. The van der Waals surface area contributed by atoms with Crippen LogP contribution in [0.5, 0.6) is 0 Å². The van der Waals surface area contributed by atoms with Crippen molar-refractivity contribution in [1.29, 1.82) is 0 Å². The Balaban J connectivity index is 2.31. The van der Waals surface area contributed by atoms with Gasteiger partial charge in [0.15, 0.2) is 0 Å². The zero-order valence-electron chi connectivity index (χ0n) is 8.56. The first-order chi connectivity index (χ1) is 5.64. The van der Waals surface area contributed by atoms with Crippen LogP contribution in [-0.4, -0.2) is 0 Å². The molecule has 2 aliphatic rings. The topological polar surface area (TPSA) is 0 Å². The van der Waals surface area contributed by atoms with Gasteiger partial charge in [-0.1, -0.05) is 25.5 Å². The summed E-state index contributed by atoms with van der Waals surface area (Å²) in [6.07, 6.45) is 8.11. The van der Waals surface area contributed by atoms with E-state index in [1.165, 1.54) is 25.7 Å². The molecule has 0 N–H and O–H groups in total. The molecule has 0 heterocycles. The van der Waals surface area contributed by atoms with E-state index in [1.807, 2.05) is 0 Å². The Hall–Kier alpha value is -0.260. The summed E-state index contributed by atoms with van der Waals surface area (Å²) in [6.45, 7) is 7.28. The maximum absolute atomic E-state index is 2.51. The minimum Gasteiger partial charge on any atom is -0.0853 e. The van der Waals surface area contributed by atoms with Gasteiger partial charge >= 0.3 is 0 Å². The number of allylic oxidation sites excluding steroid dienone is 2. The van der Waals surface area contributed by atoms with Crippen LogP contribution in [0.1, 0.15) is 46.5 Å². The van der Waals surface area contributed by atoms with Crippen molar-refractivity contribution >= 4 is 0 Å². The van der Waals surface area contributed by atoms with Gasteiger partial charge in [-0.25, -0.2) is 0 Å². The summed E-state index contributed by atoms with van der Waals surface area (Å²) in [5.41, 5.74) is 2.33. The molecule has 1 fully saturated rings. The normalized spacial score (nSPS) is 47.1. The predicted octanol–water partition coefficient (Wildman–Crippen LogP) is 3.78. The van der Waals surface area contributed by atoms with Crippen molar-refractivity contribution in [1.82, 2.24) is 0 Å². The van der Waals surface area contributed by atoms with Crippen LogP contribution in [0.25, 0.3) is 0 Å². The zero-order chi connectivity index (χ0) is 8.77. The molecule has 3 atom stereocenters. The van der Waals surface area contributed by atoms with Crippen molar-refractivity contribution < 1.29 is 0 Å². The lowest BCUT2D eigenvalue weighted by Crippen LogP contribution is -2.30. The van der Waals surface area contributed by atoms with E-state index in [0.717, 1.165) is 11.8 Å². The third-order valence-corrected chi connectivity index (χ3v) is 4.51. The molecular formula is C12H20. The number of rotatable bonds is 0. The first kappa shape index (κ1) is 8.34. The molecule has 0 radical (unpaired) electrons. The Morgan fingerprint density at radius 3 is 2.83 bits per heavy atom. The van der Waals surface area contributed by atoms with Gasteiger partial charge in [-0.15, -0.1) is 0 Å². The van der Waals surface area contributed by atoms with Gasteiger partial charge in [-0.3, -0.25) is 0 Å². The lowest BCUT2D eigenvalue weighted by atomic mass is 9.66. The summed E-state index contributed by atoms with van der Waals surface area (Å²) in [6, 6.07) is 0. The average Bonchev–Trinajstić information content (AvgIpc) is 2.30. The van der Waals surface area contributed by atoms with Gasteiger partial charge < -0.3 is 0 Å². The second kappa shape index (κ2) is 2.61. The fourth-order valence-electron chi connectivity index (χ4n) is 3.34. The summed E-state index contributed by atoms with van der Waals surface area (Å²) in [4.78, 5) is 0. The van der Waals surface area contributed by atoms with Crippen LogP contribution in [0.3, 0.4) is 0 Å². The molecule has 0 aromatic heterocycles. The van der Waals surface area contributed by atoms with E-state index in [9.17, 15) is 0 Å². The molecule has 0 spiro atoms. The monoisotopic (exact) mass is 164 g/mol. The second-order valence-electron chi connectivity index (χ2n) is 5.02. The lowest BCUT2D eigenvalue weighted by Gasteiger charge is -2.39. The van der Waals surface area contributed by atoms with Crippen molar-refractivity contribution in [2.75, 3.05) is 0 Å². The quantitative estimate of drug-likeness (QED) is 0.478. The summed E-state index contributed by atoms with van der Waals surface area (Å²) in [5.74, 6) is 1.87. The Morgan fingerprint density at radius 2 is 2.17 bits per heavy atom. The summed E-state index contributed by atoms with van der Waals surface area (Å²) < 4.78 is 0. The molecule has 12 heavy (non-hydrogen) atoms. The molecule has 0 bridgehead atoms. The van der Waals surface area contributed by atoms with Gasteiger partial charge in [0.2, 0.25) is 0 Å². The largest absolute Gasteiger partial charge is 0.0853 e. The van der Waals surface area contributed by atoms with Gasteiger partial charge in [0, 0.05) is 0 Å². The molecule has 2 rings (SSSR count). The molecule has 0 heteroatoms. The van der Waals surface area contributed by atoms with Crippen LogP contribution < -0.4 is 0 Å². The van der Waals surface area contributed by atoms with Gasteiger partial charge in [-0.05, 0) is 49.9 Å². The molecule has 0 saturated heterocycles. The molecule has 0 nitrogen and oxygen atoms in total. The molecule has 68 valence electrons. The van der Waals surface area contributed by atoms with E-state index in [-0.39, 0.29) is 0 Å². The van der Waals surface area contributed by atoms with Crippen LogP contribution in [0.4, 0.5) is 0 Å². The summed E-state index contributed by atoms with van der Waals surface area (Å²) in [5, 5.41) is 0. The van der Waals surface area contributed by atoms with E-state index < -0.39 is 0 Å². The van der Waals surface area contributed by atoms with Crippen LogP contribution in [0, 0.1) is 17.3 Å². The Bertz CT molecular complexity index is 214. The van der Waals surface area contributed by atoms with Crippen molar-refractivity contribution in [3.8, 4) is 0 Å². The fraction of sp³-hybridized carbons (Fsp3) is 0.833. The zero-order valence-corrected chi connectivity index (χ0v) is 8.56. The smallest absolute Gasteiger partial charge is 0.0149 e. The van der Waals surface area contributed by atoms with E-state index in [1.54, 1.807) is 5.57 Å². The van der Waals surface area contributed by atoms with Crippen molar-refractivity contribution in [3.63, 3.8) is 0 Å². The van der Waals surface area contributed by atoms with Crippen molar-refractivity contribution in [3.05, 3.63) is 11.6 Å². The van der Waals surface area contributed by atoms with E-state index in [4.69, 9.17) is 0 Å². The highest BCUT2D eigenvalue weighted by molar-refractivity contribution is 5.16. The van der Waals surface area contributed by atoms with E-state index >= 15 is 0 Å².